The highest BCUT2D eigenvalue weighted by molar-refractivity contribution is 9.10. The Labute approximate surface area is 212 Å². The van der Waals surface area contributed by atoms with Gasteiger partial charge in [-0.15, -0.1) is 10.2 Å². The van der Waals surface area contributed by atoms with Crippen molar-refractivity contribution in [3.05, 3.63) is 105 Å². The van der Waals surface area contributed by atoms with Gasteiger partial charge in [0.25, 0.3) is 11.6 Å². The Morgan fingerprint density at radius 1 is 1.00 bits per heavy atom. The number of anilines is 1. The second-order valence-corrected chi connectivity index (χ2v) is 9.32. The molecule has 4 aromatic rings. The third-order valence-corrected chi connectivity index (χ3v) is 6.39. The zero-order chi connectivity index (χ0) is 24.8. The molecule has 0 spiro atoms. The van der Waals surface area contributed by atoms with Crippen LogP contribution >= 0.6 is 27.3 Å². The van der Waals surface area contributed by atoms with Crippen molar-refractivity contribution in [3.8, 4) is 10.6 Å². The Morgan fingerprint density at radius 3 is 2.46 bits per heavy atom. The van der Waals surface area contributed by atoms with Gasteiger partial charge in [-0.1, -0.05) is 75.8 Å². The van der Waals surface area contributed by atoms with Crippen LogP contribution < -0.4 is 10.6 Å². The quantitative estimate of drug-likeness (QED) is 0.238. The van der Waals surface area contributed by atoms with Crippen LogP contribution in [0.1, 0.15) is 15.9 Å². The lowest BCUT2D eigenvalue weighted by Gasteiger charge is -2.18. The van der Waals surface area contributed by atoms with E-state index < -0.39 is 22.8 Å². The highest BCUT2D eigenvalue weighted by atomic mass is 79.9. The average molecular weight is 552 g/mol. The minimum absolute atomic E-state index is 0.0819. The molecule has 2 N–H and O–H groups in total. The number of nitrogens with one attached hydrogen (secondary N) is 2. The van der Waals surface area contributed by atoms with Gasteiger partial charge in [-0.25, -0.2) is 0 Å². The lowest BCUT2D eigenvalue weighted by Crippen LogP contribution is -2.45. The summed E-state index contributed by atoms with van der Waals surface area (Å²) in [5, 5.41) is 25.6. The number of non-ortho nitro benzene ring substituents is 1. The topological polar surface area (TPSA) is 127 Å². The van der Waals surface area contributed by atoms with E-state index in [4.69, 9.17) is 0 Å². The van der Waals surface area contributed by atoms with Crippen LogP contribution in [-0.4, -0.2) is 33.0 Å². The number of hydrogen-bond acceptors (Lipinski definition) is 7. The highest BCUT2D eigenvalue weighted by Crippen LogP contribution is 2.27. The molecule has 2 amide bonds. The summed E-state index contributed by atoms with van der Waals surface area (Å²) in [5.41, 5.74) is 1.56. The van der Waals surface area contributed by atoms with E-state index in [1.165, 1.54) is 35.6 Å². The van der Waals surface area contributed by atoms with Gasteiger partial charge in [0.1, 0.15) is 11.0 Å². The van der Waals surface area contributed by atoms with Crippen LogP contribution in [0.25, 0.3) is 10.6 Å². The molecule has 0 bridgehead atoms. The second kappa shape index (κ2) is 11.0. The number of hydrogen-bond donors (Lipinski definition) is 2. The van der Waals surface area contributed by atoms with Gasteiger partial charge in [0.15, 0.2) is 0 Å². The first kappa shape index (κ1) is 24.2. The first-order valence-corrected chi connectivity index (χ1v) is 12.0. The fourth-order valence-corrected chi connectivity index (χ4v) is 4.25. The first-order chi connectivity index (χ1) is 16.9. The number of aromatic nitrogens is 2. The first-order valence-electron chi connectivity index (χ1n) is 10.4. The van der Waals surface area contributed by atoms with Crippen LogP contribution in [-0.2, 0) is 11.2 Å². The molecule has 0 saturated carbocycles. The number of nitro groups is 1. The number of carbonyl (C=O) groups excluding carboxylic acids is 2. The zero-order valence-corrected chi connectivity index (χ0v) is 20.5. The van der Waals surface area contributed by atoms with Gasteiger partial charge in [0, 0.05) is 34.2 Å². The molecule has 35 heavy (non-hydrogen) atoms. The predicted octanol–water partition coefficient (Wildman–Crippen LogP) is 4.86. The molecule has 3 aromatic carbocycles. The SMILES string of the molecule is O=C(NC(Cc1ccccc1)C(=O)Nc1nnc(-c2ccc(Br)cc2)s1)c1cccc([N+](=O)[O-])c1. The normalized spacial score (nSPS) is 11.5. The standard InChI is InChI=1S/C24H18BrN5O4S/c25-18-11-9-16(10-12-18)23-28-29-24(35-23)27-22(32)20(13-15-5-2-1-3-6-15)26-21(31)17-7-4-8-19(14-17)30(33)34/h1-12,14,20H,13H2,(H,26,31)(H,27,29,32). The van der Waals surface area contributed by atoms with Gasteiger partial charge in [-0.2, -0.15) is 0 Å². The number of nitrogens with zero attached hydrogens (tertiary/aromatic N) is 3. The van der Waals surface area contributed by atoms with Crippen LogP contribution in [0.15, 0.2) is 83.3 Å². The van der Waals surface area contributed by atoms with Crippen molar-refractivity contribution in [3.63, 3.8) is 0 Å². The molecule has 0 aliphatic carbocycles. The molecule has 4 rings (SSSR count). The van der Waals surface area contributed by atoms with E-state index in [2.05, 4.69) is 36.8 Å². The smallest absolute Gasteiger partial charge is 0.270 e. The van der Waals surface area contributed by atoms with Crippen molar-refractivity contribution in [1.29, 1.82) is 0 Å². The van der Waals surface area contributed by atoms with E-state index in [0.29, 0.717) is 5.01 Å². The van der Waals surface area contributed by atoms with Crippen LogP contribution in [0, 0.1) is 10.1 Å². The van der Waals surface area contributed by atoms with E-state index in [1.807, 2.05) is 54.6 Å². The maximum absolute atomic E-state index is 13.1. The maximum Gasteiger partial charge on any atom is 0.270 e. The van der Waals surface area contributed by atoms with Crippen molar-refractivity contribution in [2.75, 3.05) is 5.32 Å². The number of halogens is 1. The van der Waals surface area contributed by atoms with E-state index in [9.17, 15) is 19.7 Å². The number of carbonyl (C=O) groups is 2. The summed E-state index contributed by atoms with van der Waals surface area (Å²) in [6.07, 6.45) is 0.214. The predicted molar refractivity (Wildman–Crippen MR) is 136 cm³/mol. The molecular formula is C24H18BrN5O4S. The summed E-state index contributed by atoms with van der Waals surface area (Å²) in [6, 6.07) is 21.1. The van der Waals surface area contributed by atoms with E-state index >= 15 is 0 Å². The molecule has 1 unspecified atom stereocenters. The Kier molecular flexibility index (Phi) is 7.58. The highest BCUT2D eigenvalue weighted by Gasteiger charge is 2.24. The molecule has 1 atom stereocenters. The third-order valence-electron chi connectivity index (χ3n) is 4.97. The molecule has 9 nitrogen and oxygen atoms in total. The summed E-state index contributed by atoms with van der Waals surface area (Å²) in [4.78, 5) is 36.5. The largest absolute Gasteiger partial charge is 0.340 e. The molecule has 11 heteroatoms. The summed E-state index contributed by atoms with van der Waals surface area (Å²) < 4.78 is 0.933. The fraction of sp³-hybridized carbons (Fsp3) is 0.0833. The zero-order valence-electron chi connectivity index (χ0n) is 18.1. The molecule has 176 valence electrons. The van der Waals surface area contributed by atoms with Gasteiger partial charge >= 0.3 is 0 Å². The molecular weight excluding hydrogens is 534 g/mol. The Bertz CT molecular complexity index is 1360. The van der Waals surface area contributed by atoms with Gasteiger partial charge in [0.2, 0.25) is 11.0 Å². The third kappa shape index (κ3) is 6.34. The molecule has 0 fully saturated rings. The maximum atomic E-state index is 13.1. The van der Waals surface area contributed by atoms with Crippen LogP contribution in [0.5, 0.6) is 0 Å². The van der Waals surface area contributed by atoms with E-state index in [1.54, 1.807) is 0 Å². The number of amides is 2. The molecule has 0 aliphatic rings. The lowest BCUT2D eigenvalue weighted by molar-refractivity contribution is -0.384. The second-order valence-electron chi connectivity index (χ2n) is 7.43. The summed E-state index contributed by atoms with van der Waals surface area (Å²) >= 11 is 4.60. The Morgan fingerprint density at radius 2 is 1.74 bits per heavy atom. The van der Waals surface area contributed by atoms with Crippen molar-refractivity contribution < 1.29 is 14.5 Å². The molecule has 1 aromatic heterocycles. The van der Waals surface area contributed by atoms with E-state index in [-0.39, 0.29) is 22.8 Å². The number of nitro benzene ring substituents is 1. The van der Waals surface area contributed by atoms with Crippen molar-refractivity contribution in [2.24, 2.45) is 0 Å². The Balaban J connectivity index is 1.52. The molecule has 1 heterocycles. The fourth-order valence-electron chi connectivity index (χ4n) is 3.24. The molecule has 0 aliphatic heterocycles. The van der Waals surface area contributed by atoms with Crippen LogP contribution in [0.3, 0.4) is 0 Å². The van der Waals surface area contributed by atoms with Gasteiger partial charge in [0.05, 0.1) is 4.92 Å². The van der Waals surface area contributed by atoms with Crippen molar-refractivity contribution >= 4 is 49.9 Å². The molecule has 0 saturated heterocycles. The van der Waals surface area contributed by atoms with E-state index in [0.717, 1.165) is 15.6 Å². The van der Waals surface area contributed by atoms with Gasteiger partial charge in [-0.05, 0) is 23.8 Å². The summed E-state index contributed by atoms with van der Waals surface area (Å²) in [7, 11) is 0. The molecule has 0 radical (unpaired) electrons. The van der Waals surface area contributed by atoms with Gasteiger partial charge < -0.3 is 5.32 Å². The average Bonchev–Trinajstić information content (AvgIpc) is 3.33. The minimum Gasteiger partial charge on any atom is -0.340 e. The van der Waals surface area contributed by atoms with Gasteiger partial charge in [-0.3, -0.25) is 25.0 Å². The minimum atomic E-state index is -0.954. The summed E-state index contributed by atoms with van der Waals surface area (Å²) in [5.74, 6) is -1.08. The summed E-state index contributed by atoms with van der Waals surface area (Å²) in [6.45, 7) is 0. The lowest BCUT2D eigenvalue weighted by atomic mass is 10.0. The Hall–Kier alpha value is -3.96. The van der Waals surface area contributed by atoms with Crippen LogP contribution in [0.2, 0.25) is 0 Å². The van der Waals surface area contributed by atoms with Crippen molar-refractivity contribution in [1.82, 2.24) is 15.5 Å². The monoisotopic (exact) mass is 551 g/mol. The van der Waals surface area contributed by atoms with Crippen molar-refractivity contribution in [2.45, 2.75) is 12.5 Å². The number of rotatable bonds is 8. The van der Waals surface area contributed by atoms with Crippen LogP contribution in [0.4, 0.5) is 10.8 Å². The number of benzene rings is 3.